The van der Waals surface area contributed by atoms with Crippen LogP contribution in [0.2, 0.25) is 0 Å². The molecule has 0 fully saturated rings. The maximum Gasteiger partial charge on any atom is 0.299 e. The molecule has 0 saturated heterocycles. The minimum absolute atomic E-state index is 0.00168. The molecule has 3 rings (SSSR count). The molecule has 3 aromatic rings. The molecule has 0 aliphatic rings. The second-order valence-electron chi connectivity index (χ2n) is 8.11. The molecule has 2 heterocycles. The van der Waals surface area contributed by atoms with Gasteiger partial charge < -0.3 is 30.8 Å². The van der Waals surface area contributed by atoms with Gasteiger partial charge in [-0.2, -0.15) is 0 Å². The number of hydrogen-bond donors (Lipinski definition) is 5. The monoisotopic (exact) mass is 506 g/mol. The first-order chi connectivity index (χ1) is 17.3. The molecule has 12 heteroatoms. The van der Waals surface area contributed by atoms with Crippen LogP contribution in [-0.2, 0) is 17.7 Å². The highest BCUT2D eigenvalue weighted by molar-refractivity contribution is 6.06. The summed E-state index contributed by atoms with van der Waals surface area (Å²) >= 11 is 0. The summed E-state index contributed by atoms with van der Waals surface area (Å²) in [5.74, 6) is -2.58. The van der Waals surface area contributed by atoms with Crippen molar-refractivity contribution >= 4 is 22.6 Å². The van der Waals surface area contributed by atoms with Gasteiger partial charge in [0.05, 0.1) is 12.2 Å². The number of carbonyl (C=O) groups excluding carboxylic acids is 1. The van der Waals surface area contributed by atoms with Gasteiger partial charge in [-0.3, -0.25) is 9.59 Å². The Bertz CT molecular complexity index is 1280. The summed E-state index contributed by atoms with van der Waals surface area (Å²) in [6.07, 6.45) is 3.02. The Morgan fingerprint density at radius 1 is 1.22 bits per heavy atom. The largest absolute Gasteiger partial charge is 0.423 e. The van der Waals surface area contributed by atoms with Crippen molar-refractivity contribution in [2.24, 2.45) is 0 Å². The van der Waals surface area contributed by atoms with Crippen LogP contribution in [0.25, 0.3) is 11.0 Å². The first-order valence-corrected chi connectivity index (χ1v) is 11.3. The molecule has 5 N–H and O–H groups in total. The van der Waals surface area contributed by atoms with E-state index in [9.17, 15) is 28.7 Å². The summed E-state index contributed by atoms with van der Waals surface area (Å²) in [5.41, 5.74) is -0.944. The van der Waals surface area contributed by atoms with E-state index in [1.165, 1.54) is 13.3 Å². The number of anilines is 1. The fraction of sp³-hybridized carbons (Fsp3) is 0.375. The molecule has 1 amide bonds. The number of benzene rings is 1. The molecule has 36 heavy (non-hydrogen) atoms. The molecule has 0 saturated carbocycles. The second-order valence-corrected chi connectivity index (χ2v) is 8.11. The Morgan fingerprint density at radius 3 is 2.69 bits per heavy atom. The predicted molar refractivity (Wildman–Crippen MR) is 127 cm³/mol. The van der Waals surface area contributed by atoms with E-state index in [4.69, 9.17) is 9.84 Å². The summed E-state index contributed by atoms with van der Waals surface area (Å²) < 4.78 is 32.3. The number of nitrogens with zero attached hydrogens (tertiary/aromatic N) is 2. The van der Waals surface area contributed by atoms with Gasteiger partial charge in [-0.1, -0.05) is 12.5 Å². The number of nitrogens with one attached hydrogen (secondary N) is 2. The Hall–Kier alpha value is -3.61. The number of halogens is 2. The summed E-state index contributed by atoms with van der Waals surface area (Å²) in [4.78, 5) is 30.2. The molecule has 1 atom stereocenters. The van der Waals surface area contributed by atoms with Crippen molar-refractivity contribution in [2.75, 3.05) is 25.6 Å². The zero-order valence-electron chi connectivity index (χ0n) is 19.6. The third kappa shape index (κ3) is 6.33. The molecule has 0 spiro atoms. The van der Waals surface area contributed by atoms with Crippen LogP contribution in [0.15, 0.2) is 35.3 Å². The first-order valence-electron chi connectivity index (χ1n) is 11.3. The van der Waals surface area contributed by atoms with E-state index < -0.39 is 35.0 Å². The van der Waals surface area contributed by atoms with Crippen LogP contribution in [-0.4, -0.2) is 57.6 Å². The second kappa shape index (κ2) is 12.4. The number of ether oxygens (including phenoxy) is 1. The van der Waals surface area contributed by atoms with Gasteiger partial charge in [-0.15, -0.1) is 4.73 Å². The zero-order valence-corrected chi connectivity index (χ0v) is 19.6. The van der Waals surface area contributed by atoms with Crippen molar-refractivity contribution in [3.05, 3.63) is 69.1 Å². The van der Waals surface area contributed by atoms with Crippen LogP contribution < -0.4 is 16.2 Å². The molecule has 2 aromatic heterocycles. The highest BCUT2D eigenvalue weighted by atomic mass is 19.1. The highest BCUT2D eigenvalue weighted by Gasteiger charge is 2.24. The van der Waals surface area contributed by atoms with Crippen molar-refractivity contribution < 1.29 is 33.7 Å². The van der Waals surface area contributed by atoms with Gasteiger partial charge in [0.1, 0.15) is 17.2 Å². The maximum absolute atomic E-state index is 14.0. The minimum atomic E-state index is -1.27. The van der Waals surface area contributed by atoms with Gasteiger partial charge in [-0.25, -0.2) is 13.8 Å². The average Bonchev–Trinajstić information content (AvgIpc) is 2.86. The molecule has 1 unspecified atom stereocenters. The molecular formula is C24H28F2N4O6. The SMILES string of the molecule is COC(O)CNc1c(C(=O)NCc2ccc(F)cc2F)c(=O)n(O)c2ncc(CCCCCO)cc12. The minimum Gasteiger partial charge on any atom is -0.423 e. The van der Waals surface area contributed by atoms with Crippen LogP contribution in [0.3, 0.4) is 0 Å². The lowest BCUT2D eigenvalue weighted by atomic mass is 10.0. The Morgan fingerprint density at radius 2 is 2.00 bits per heavy atom. The standard InChI is InChI=1S/C24H28F2N4O6/c1-36-19(32)13-27-21-17-9-14(5-3-2-4-8-31)11-28-22(17)30(35)24(34)20(21)23(33)29-12-15-6-7-16(25)10-18(15)26/h6-7,9-11,19,27,31-32,35H,2-5,8,12-13H2,1H3,(H,29,33). The van der Waals surface area contributed by atoms with Crippen LogP contribution >= 0.6 is 0 Å². The number of aliphatic hydroxyl groups excluding tert-OH is 2. The Kier molecular flexibility index (Phi) is 9.28. The van der Waals surface area contributed by atoms with Gasteiger partial charge in [0, 0.05) is 43.5 Å². The normalized spacial score (nSPS) is 12.0. The highest BCUT2D eigenvalue weighted by Crippen LogP contribution is 2.26. The van der Waals surface area contributed by atoms with E-state index in [1.54, 1.807) is 6.07 Å². The summed E-state index contributed by atoms with van der Waals surface area (Å²) in [6, 6.07) is 4.53. The lowest BCUT2D eigenvalue weighted by molar-refractivity contribution is -0.0624. The maximum atomic E-state index is 14.0. The van der Waals surface area contributed by atoms with E-state index in [1.807, 2.05) is 0 Å². The number of carbonyl (C=O) groups is 1. The number of rotatable bonds is 12. The van der Waals surface area contributed by atoms with Crippen molar-refractivity contribution in [1.82, 2.24) is 15.0 Å². The van der Waals surface area contributed by atoms with Gasteiger partial charge in [0.25, 0.3) is 11.5 Å². The summed E-state index contributed by atoms with van der Waals surface area (Å²) in [7, 11) is 1.27. The zero-order chi connectivity index (χ0) is 26.2. The van der Waals surface area contributed by atoms with E-state index in [0.717, 1.165) is 30.5 Å². The van der Waals surface area contributed by atoms with Gasteiger partial charge in [-0.05, 0) is 37.0 Å². The fourth-order valence-corrected chi connectivity index (χ4v) is 3.65. The summed E-state index contributed by atoms with van der Waals surface area (Å²) in [5, 5.41) is 34.7. The topological polar surface area (TPSA) is 146 Å². The molecular weight excluding hydrogens is 478 g/mol. The third-order valence-electron chi connectivity index (χ3n) is 5.58. The van der Waals surface area contributed by atoms with Crippen LogP contribution in [0, 0.1) is 11.6 Å². The molecule has 194 valence electrons. The predicted octanol–water partition coefficient (Wildman–Crippen LogP) is 1.92. The molecule has 0 aliphatic carbocycles. The van der Waals surface area contributed by atoms with Crippen molar-refractivity contribution in [1.29, 1.82) is 0 Å². The van der Waals surface area contributed by atoms with Gasteiger partial charge in [0.2, 0.25) is 0 Å². The van der Waals surface area contributed by atoms with Crippen LogP contribution in [0.1, 0.15) is 40.7 Å². The quantitative estimate of drug-likeness (QED) is 0.142. The third-order valence-corrected chi connectivity index (χ3v) is 5.58. The summed E-state index contributed by atoms with van der Waals surface area (Å²) in [6.45, 7) is -0.464. The number of aryl methyl sites for hydroxylation is 1. The van der Waals surface area contributed by atoms with Crippen molar-refractivity contribution in [3.63, 3.8) is 0 Å². The lowest BCUT2D eigenvalue weighted by Gasteiger charge is -2.18. The number of pyridine rings is 2. The number of fused-ring (bicyclic) bond motifs is 1. The first kappa shape index (κ1) is 27.0. The van der Waals surface area contributed by atoms with E-state index in [2.05, 4.69) is 15.6 Å². The molecule has 10 nitrogen and oxygen atoms in total. The Labute approximate surface area is 205 Å². The van der Waals surface area contributed by atoms with E-state index >= 15 is 0 Å². The number of unbranched alkanes of at least 4 members (excludes halogenated alkanes) is 2. The average molecular weight is 507 g/mol. The number of amides is 1. The van der Waals surface area contributed by atoms with Crippen molar-refractivity contribution in [2.45, 2.75) is 38.5 Å². The van der Waals surface area contributed by atoms with Gasteiger partial charge >= 0.3 is 0 Å². The molecule has 0 radical (unpaired) electrons. The van der Waals surface area contributed by atoms with Crippen LogP contribution in [0.5, 0.6) is 0 Å². The lowest BCUT2D eigenvalue weighted by Crippen LogP contribution is -2.35. The molecule has 0 bridgehead atoms. The molecule has 1 aromatic carbocycles. The Balaban J connectivity index is 2.02. The van der Waals surface area contributed by atoms with Crippen LogP contribution in [0.4, 0.5) is 14.5 Å². The number of aromatic nitrogens is 2. The van der Waals surface area contributed by atoms with Gasteiger partial charge in [0.15, 0.2) is 11.9 Å². The van der Waals surface area contributed by atoms with E-state index in [-0.39, 0.29) is 46.7 Å². The number of aliphatic hydroxyl groups is 2. The number of hydrogen-bond acceptors (Lipinski definition) is 8. The van der Waals surface area contributed by atoms with E-state index in [0.29, 0.717) is 18.9 Å². The molecule has 0 aliphatic heterocycles. The fourth-order valence-electron chi connectivity index (χ4n) is 3.65. The number of methoxy groups -OCH3 is 1. The smallest absolute Gasteiger partial charge is 0.299 e. The van der Waals surface area contributed by atoms with Crippen molar-refractivity contribution in [3.8, 4) is 0 Å².